The van der Waals surface area contributed by atoms with Crippen molar-refractivity contribution in [3.05, 3.63) is 64.9 Å². The third-order valence-corrected chi connectivity index (χ3v) is 4.58. The highest BCUT2D eigenvalue weighted by atomic mass is 35.5. The number of amides is 1. The zero-order valence-corrected chi connectivity index (χ0v) is 16.5. The van der Waals surface area contributed by atoms with E-state index in [9.17, 15) is 9.59 Å². The molecule has 0 aliphatic rings. The number of halogens is 1. The molecule has 0 aliphatic heterocycles. The predicted molar refractivity (Wildman–Crippen MR) is 107 cm³/mol. The Balaban J connectivity index is 1.77. The minimum Gasteiger partial charge on any atom is -0.466 e. The van der Waals surface area contributed by atoms with E-state index in [1.807, 2.05) is 48.5 Å². The Bertz CT molecular complexity index is 964. The molecule has 0 radical (unpaired) electrons. The quantitative estimate of drug-likeness (QED) is 0.549. The molecule has 0 spiro atoms. The highest BCUT2D eigenvalue weighted by Gasteiger charge is 2.22. The molecule has 9 heteroatoms. The Hall–Kier alpha value is -3.26. The van der Waals surface area contributed by atoms with Gasteiger partial charge in [-0.3, -0.25) is 9.59 Å². The van der Waals surface area contributed by atoms with Crippen LogP contribution in [0, 0.1) is 0 Å². The number of esters is 1. The van der Waals surface area contributed by atoms with Crippen LogP contribution in [0.3, 0.4) is 0 Å². The Kier molecular flexibility index (Phi) is 6.91. The van der Waals surface area contributed by atoms with Gasteiger partial charge in [-0.05, 0) is 41.3 Å². The maximum atomic E-state index is 12.3. The van der Waals surface area contributed by atoms with Crippen molar-refractivity contribution in [3.63, 3.8) is 0 Å². The summed E-state index contributed by atoms with van der Waals surface area (Å²) in [5, 5.41) is 16.2. The van der Waals surface area contributed by atoms with Crippen molar-refractivity contribution in [1.29, 1.82) is 0 Å². The lowest BCUT2D eigenvalue weighted by atomic mass is 9.99. The smallest absolute Gasteiger partial charge is 0.307 e. The van der Waals surface area contributed by atoms with E-state index in [-0.39, 0.29) is 18.9 Å². The third-order valence-electron chi connectivity index (χ3n) is 4.23. The van der Waals surface area contributed by atoms with Crippen LogP contribution in [0.5, 0.6) is 0 Å². The van der Waals surface area contributed by atoms with Gasteiger partial charge in [-0.2, -0.15) is 5.21 Å². The number of carbonyl (C=O) groups is 2. The Labute approximate surface area is 172 Å². The van der Waals surface area contributed by atoms with Crippen LogP contribution in [-0.2, 0) is 16.0 Å². The maximum Gasteiger partial charge on any atom is 0.307 e. The molecule has 1 atom stereocenters. The monoisotopic (exact) mass is 413 g/mol. The highest BCUT2D eigenvalue weighted by Crippen LogP contribution is 2.26. The number of aromatic amines is 1. The second kappa shape index (κ2) is 9.79. The standard InChI is InChI=1S/C20H20ClN5O3/c1-2-29-18(27)12-16(22-20(28)19-23-25-26-24-19)10-15-9-8-14(11-17(15)21)13-6-4-3-5-7-13/h3-9,11,16H,2,10,12H2,1H3,(H,22,28)(H,23,24,25,26)/t16-/m1/s1. The predicted octanol–water partition coefficient (Wildman–Crippen LogP) is 2.81. The van der Waals surface area contributed by atoms with E-state index in [0.29, 0.717) is 11.4 Å². The maximum absolute atomic E-state index is 12.3. The Morgan fingerprint density at radius 2 is 1.97 bits per heavy atom. The zero-order valence-electron chi connectivity index (χ0n) is 15.8. The molecule has 3 aromatic rings. The fourth-order valence-corrected chi connectivity index (χ4v) is 3.15. The van der Waals surface area contributed by atoms with Crippen molar-refractivity contribution in [2.45, 2.75) is 25.8 Å². The van der Waals surface area contributed by atoms with Gasteiger partial charge in [0.25, 0.3) is 11.7 Å². The van der Waals surface area contributed by atoms with Crippen LogP contribution in [0.1, 0.15) is 29.5 Å². The largest absolute Gasteiger partial charge is 0.466 e. The lowest BCUT2D eigenvalue weighted by molar-refractivity contribution is -0.143. The molecule has 0 fully saturated rings. The third kappa shape index (κ3) is 5.61. The van der Waals surface area contributed by atoms with Crippen LogP contribution >= 0.6 is 11.6 Å². The number of rotatable bonds is 8. The molecule has 1 heterocycles. The van der Waals surface area contributed by atoms with E-state index in [4.69, 9.17) is 16.3 Å². The second-order valence-electron chi connectivity index (χ2n) is 6.29. The number of ether oxygens (including phenoxy) is 1. The molecule has 2 N–H and O–H groups in total. The Morgan fingerprint density at radius 3 is 2.62 bits per heavy atom. The number of aromatic nitrogens is 4. The van der Waals surface area contributed by atoms with Gasteiger partial charge in [0.1, 0.15) is 0 Å². The lowest BCUT2D eigenvalue weighted by Gasteiger charge is -2.18. The number of hydrogen-bond acceptors (Lipinski definition) is 6. The summed E-state index contributed by atoms with van der Waals surface area (Å²) in [5.41, 5.74) is 2.83. The molecule has 1 aromatic heterocycles. The Morgan fingerprint density at radius 1 is 1.17 bits per heavy atom. The molecule has 29 heavy (non-hydrogen) atoms. The van der Waals surface area contributed by atoms with Gasteiger partial charge in [-0.15, -0.1) is 10.2 Å². The molecular weight excluding hydrogens is 394 g/mol. The van der Waals surface area contributed by atoms with Crippen molar-refractivity contribution in [2.75, 3.05) is 6.61 Å². The van der Waals surface area contributed by atoms with E-state index < -0.39 is 17.9 Å². The van der Waals surface area contributed by atoms with Crippen LogP contribution in [0.15, 0.2) is 48.5 Å². The van der Waals surface area contributed by atoms with Gasteiger partial charge in [0.2, 0.25) is 0 Å². The molecule has 0 saturated carbocycles. The summed E-state index contributed by atoms with van der Waals surface area (Å²) in [5.74, 6) is -1.06. The van der Waals surface area contributed by atoms with Gasteiger partial charge in [-0.1, -0.05) is 54.1 Å². The van der Waals surface area contributed by atoms with Gasteiger partial charge < -0.3 is 10.1 Å². The summed E-state index contributed by atoms with van der Waals surface area (Å²) in [6, 6.07) is 15.0. The van der Waals surface area contributed by atoms with Crippen LogP contribution in [0.25, 0.3) is 11.1 Å². The topological polar surface area (TPSA) is 110 Å². The van der Waals surface area contributed by atoms with Crippen molar-refractivity contribution in [1.82, 2.24) is 25.9 Å². The minimum absolute atomic E-state index is 0.00576. The second-order valence-corrected chi connectivity index (χ2v) is 6.70. The first kappa shape index (κ1) is 20.5. The van der Waals surface area contributed by atoms with Crippen molar-refractivity contribution in [2.24, 2.45) is 0 Å². The highest BCUT2D eigenvalue weighted by molar-refractivity contribution is 6.31. The van der Waals surface area contributed by atoms with Crippen LogP contribution < -0.4 is 5.32 Å². The first-order valence-corrected chi connectivity index (χ1v) is 9.48. The van der Waals surface area contributed by atoms with Crippen molar-refractivity contribution >= 4 is 23.5 Å². The van der Waals surface area contributed by atoms with Gasteiger partial charge in [-0.25, -0.2) is 0 Å². The van der Waals surface area contributed by atoms with Crippen molar-refractivity contribution < 1.29 is 14.3 Å². The molecule has 0 aliphatic carbocycles. The number of hydrogen-bond donors (Lipinski definition) is 2. The molecule has 0 bridgehead atoms. The number of H-pyrrole nitrogens is 1. The van der Waals surface area contributed by atoms with Gasteiger partial charge >= 0.3 is 5.97 Å². The van der Waals surface area contributed by atoms with Crippen LogP contribution in [0.4, 0.5) is 0 Å². The summed E-state index contributed by atoms with van der Waals surface area (Å²) >= 11 is 6.49. The summed E-state index contributed by atoms with van der Waals surface area (Å²) in [6.07, 6.45) is 0.338. The summed E-state index contributed by atoms with van der Waals surface area (Å²) in [7, 11) is 0. The number of nitrogens with one attached hydrogen (secondary N) is 2. The van der Waals surface area contributed by atoms with Crippen molar-refractivity contribution in [3.8, 4) is 11.1 Å². The summed E-state index contributed by atoms with van der Waals surface area (Å²) in [6.45, 7) is 1.99. The first-order valence-electron chi connectivity index (χ1n) is 9.10. The fraction of sp³-hybridized carbons (Fsp3) is 0.250. The van der Waals surface area contributed by atoms with E-state index in [0.717, 1.165) is 16.7 Å². The minimum atomic E-state index is -0.542. The van der Waals surface area contributed by atoms with E-state index in [1.54, 1.807) is 6.92 Å². The average Bonchev–Trinajstić information content (AvgIpc) is 3.25. The number of benzene rings is 2. The van der Waals surface area contributed by atoms with Gasteiger partial charge in [0.15, 0.2) is 0 Å². The SMILES string of the molecule is CCOC(=O)C[C@@H](Cc1ccc(-c2ccccc2)cc1Cl)NC(=O)c1nn[nH]n1. The zero-order chi connectivity index (χ0) is 20.6. The molecule has 3 rings (SSSR count). The average molecular weight is 414 g/mol. The van der Waals surface area contributed by atoms with E-state index in [1.165, 1.54) is 0 Å². The number of carbonyl (C=O) groups excluding carboxylic acids is 2. The number of nitrogens with zero attached hydrogens (tertiary/aromatic N) is 3. The molecule has 8 nitrogen and oxygen atoms in total. The molecule has 0 unspecified atom stereocenters. The molecule has 2 aromatic carbocycles. The molecule has 150 valence electrons. The van der Waals surface area contributed by atoms with Crippen LogP contribution in [0.2, 0.25) is 5.02 Å². The lowest BCUT2D eigenvalue weighted by Crippen LogP contribution is -2.39. The van der Waals surface area contributed by atoms with Gasteiger partial charge in [0.05, 0.1) is 13.0 Å². The molecule has 0 saturated heterocycles. The normalized spacial score (nSPS) is 11.7. The van der Waals surface area contributed by atoms with Gasteiger partial charge in [0, 0.05) is 11.1 Å². The molecule has 1 amide bonds. The number of tetrazole rings is 1. The van der Waals surface area contributed by atoms with E-state index in [2.05, 4.69) is 25.9 Å². The van der Waals surface area contributed by atoms with Crippen LogP contribution in [-0.4, -0.2) is 45.1 Å². The van der Waals surface area contributed by atoms with E-state index >= 15 is 0 Å². The molecular formula is C20H20ClN5O3. The first-order chi connectivity index (χ1) is 14.1. The summed E-state index contributed by atoms with van der Waals surface area (Å²) < 4.78 is 5.02. The summed E-state index contributed by atoms with van der Waals surface area (Å²) in [4.78, 5) is 24.3. The fourth-order valence-electron chi connectivity index (χ4n) is 2.89.